The Labute approximate surface area is 198 Å². The molecule has 0 saturated carbocycles. The standard InChI is InChI=1S/C24H27ClN4O4/c1-17-23(31)29(20-5-2-3-6-21(20)33-17)14-11-22(30)27-12-4-13-28(16-15-27)24(32)26-19-9-7-18(25)8-10-19/h2-3,5-10,17H,4,11-16H2,1H3,(H,26,32). The van der Waals surface area contributed by atoms with Gasteiger partial charge < -0.3 is 24.8 Å². The van der Waals surface area contributed by atoms with Crippen LogP contribution >= 0.6 is 11.6 Å². The molecule has 0 bridgehead atoms. The Balaban J connectivity index is 1.31. The number of hydrogen-bond acceptors (Lipinski definition) is 4. The summed E-state index contributed by atoms with van der Waals surface area (Å²) in [5.74, 6) is 0.468. The number of amides is 4. The van der Waals surface area contributed by atoms with Crippen molar-refractivity contribution >= 4 is 40.8 Å². The lowest BCUT2D eigenvalue weighted by Crippen LogP contribution is -2.46. The molecule has 0 aromatic heterocycles. The summed E-state index contributed by atoms with van der Waals surface area (Å²) in [6.07, 6.45) is 0.320. The maximum Gasteiger partial charge on any atom is 0.321 e. The van der Waals surface area contributed by atoms with Crippen LogP contribution in [0.3, 0.4) is 0 Å². The maximum absolute atomic E-state index is 12.9. The van der Waals surface area contributed by atoms with Gasteiger partial charge in [-0.2, -0.15) is 0 Å². The van der Waals surface area contributed by atoms with Crippen molar-refractivity contribution < 1.29 is 19.1 Å². The van der Waals surface area contributed by atoms with E-state index < -0.39 is 6.10 Å². The molecule has 1 unspecified atom stereocenters. The van der Waals surface area contributed by atoms with Crippen LogP contribution in [0.5, 0.6) is 5.75 Å². The third-order valence-electron chi connectivity index (χ3n) is 5.85. The highest BCUT2D eigenvalue weighted by atomic mass is 35.5. The SMILES string of the molecule is CC1Oc2ccccc2N(CCC(=O)N2CCCN(C(=O)Nc3ccc(Cl)cc3)CC2)C1=O. The molecule has 0 aliphatic carbocycles. The number of nitrogens with one attached hydrogen (secondary N) is 1. The van der Waals surface area contributed by atoms with Crippen molar-refractivity contribution in [2.45, 2.75) is 25.9 Å². The second kappa shape index (κ2) is 10.1. The first kappa shape index (κ1) is 22.9. The molecule has 2 aliphatic heterocycles. The quantitative estimate of drug-likeness (QED) is 0.740. The molecule has 1 fully saturated rings. The van der Waals surface area contributed by atoms with E-state index in [1.54, 1.807) is 45.9 Å². The zero-order valence-electron chi connectivity index (χ0n) is 18.5. The molecule has 33 heavy (non-hydrogen) atoms. The summed E-state index contributed by atoms with van der Waals surface area (Å²) in [5.41, 5.74) is 1.36. The zero-order valence-corrected chi connectivity index (χ0v) is 19.3. The summed E-state index contributed by atoms with van der Waals surface area (Å²) >= 11 is 5.89. The Morgan fingerprint density at radius 1 is 1.03 bits per heavy atom. The van der Waals surface area contributed by atoms with Crippen LogP contribution in [-0.4, -0.2) is 66.5 Å². The normalized spacial score (nSPS) is 18.3. The van der Waals surface area contributed by atoms with E-state index in [4.69, 9.17) is 16.3 Å². The number of carbonyl (C=O) groups is 3. The number of hydrogen-bond donors (Lipinski definition) is 1. The summed E-state index contributed by atoms with van der Waals surface area (Å²) in [4.78, 5) is 43.3. The molecule has 2 aromatic rings. The molecule has 2 aromatic carbocycles. The minimum Gasteiger partial charge on any atom is -0.479 e. The largest absolute Gasteiger partial charge is 0.479 e. The summed E-state index contributed by atoms with van der Waals surface area (Å²) in [5, 5.41) is 3.47. The van der Waals surface area contributed by atoms with Gasteiger partial charge in [-0.3, -0.25) is 9.59 Å². The van der Waals surface area contributed by atoms with Crippen LogP contribution in [0.2, 0.25) is 5.02 Å². The van der Waals surface area contributed by atoms with E-state index in [1.807, 2.05) is 24.3 Å². The number of urea groups is 1. The molecule has 2 aliphatic rings. The number of nitrogens with zero attached hydrogens (tertiary/aromatic N) is 3. The molecule has 0 spiro atoms. The van der Waals surface area contributed by atoms with E-state index in [0.717, 1.165) is 0 Å². The highest BCUT2D eigenvalue weighted by molar-refractivity contribution is 6.30. The van der Waals surface area contributed by atoms with Gasteiger partial charge in [0.05, 0.1) is 5.69 Å². The Kier molecular flexibility index (Phi) is 7.03. The molecular formula is C24H27ClN4O4. The Morgan fingerprint density at radius 3 is 2.52 bits per heavy atom. The summed E-state index contributed by atoms with van der Waals surface area (Å²) < 4.78 is 5.66. The number of halogens is 1. The fourth-order valence-corrected chi connectivity index (χ4v) is 4.19. The van der Waals surface area contributed by atoms with Crippen molar-refractivity contribution in [3.63, 3.8) is 0 Å². The molecule has 1 saturated heterocycles. The molecule has 1 atom stereocenters. The summed E-state index contributed by atoms with van der Waals surface area (Å²) in [7, 11) is 0. The van der Waals surface area contributed by atoms with Crippen LogP contribution in [0.1, 0.15) is 19.8 Å². The first-order chi connectivity index (χ1) is 15.9. The zero-order chi connectivity index (χ0) is 23.4. The van der Waals surface area contributed by atoms with Gasteiger partial charge in [0, 0.05) is 49.9 Å². The number of para-hydroxylation sites is 2. The van der Waals surface area contributed by atoms with Gasteiger partial charge in [0.1, 0.15) is 5.75 Å². The number of carbonyl (C=O) groups excluding carboxylic acids is 3. The smallest absolute Gasteiger partial charge is 0.321 e. The third kappa shape index (κ3) is 5.39. The number of benzene rings is 2. The molecule has 8 nitrogen and oxygen atoms in total. The van der Waals surface area contributed by atoms with E-state index in [-0.39, 0.29) is 24.3 Å². The average molecular weight is 471 g/mol. The van der Waals surface area contributed by atoms with E-state index >= 15 is 0 Å². The van der Waals surface area contributed by atoms with Crippen molar-refractivity contribution in [3.05, 3.63) is 53.6 Å². The molecule has 0 radical (unpaired) electrons. The summed E-state index contributed by atoms with van der Waals surface area (Å²) in [6, 6.07) is 14.1. The van der Waals surface area contributed by atoms with Gasteiger partial charge in [0.2, 0.25) is 5.91 Å². The molecule has 4 amide bonds. The molecule has 2 heterocycles. The van der Waals surface area contributed by atoms with Gasteiger partial charge in [-0.15, -0.1) is 0 Å². The third-order valence-corrected chi connectivity index (χ3v) is 6.11. The molecule has 9 heteroatoms. The van der Waals surface area contributed by atoms with Gasteiger partial charge in [0.25, 0.3) is 5.91 Å². The lowest BCUT2D eigenvalue weighted by atomic mass is 10.1. The molecular weight excluding hydrogens is 444 g/mol. The van der Waals surface area contributed by atoms with Gasteiger partial charge >= 0.3 is 6.03 Å². The fourth-order valence-electron chi connectivity index (χ4n) is 4.06. The molecule has 1 N–H and O–H groups in total. The predicted octanol–water partition coefficient (Wildman–Crippen LogP) is 3.61. The van der Waals surface area contributed by atoms with Crippen LogP contribution < -0.4 is 15.0 Å². The highest BCUT2D eigenvalue weighted by Gasteiger charge is 2.32. The van der Waals surface area contributed by atoms with Gasteiger partial charge in [0.15, 0.2) is 6.10 Å². The van der Waals surface area contributed by atoms with E-state index in [1.165, 1.54) is 0 Å². The second-order valence-corrected chi connectivity index (χ2v) is 8.56. The minimum absolute atomic E-state index is 0.0283. The van der Waals surface area contributed by atoms with Crippen LogP contribution in [0.4, 0.5) is 16.2 Å². The second-order valence-electron chi connectivity index (χ2n) is 8.13. The number of rotatable bonds is 4. The lowest BCUT2D eigenvalue weighted by Gasteiger charge is -2.33. The monoisotopic (exact) mass is 470 g/mol. The molecule has 4 rings (SSSR count). The predicted molar refractivity (Wildman–Crippen MR) is 127 cm³/mol. The van der Waals surface area contributed by atoms with Crippen molar-refractivity contribution in [1.82, 2.24) is 9.80 Å². The van der Waals surface area contributed by atoms with E-state index in [0.29, 0.717) is 61.3 Å². The van der Waals surface area contributed by atoms with Gasteiger partial charge in [-0.25, -0.2) is 4.79 Å². The van der Waals surface area contributed by atoms with E-state index in [9.17, 15) is 14.4 Å². The van der Waals surface area contributed by atoms with Crippen molar-refractivity contribution in [3.8, 4) is 5.75 Å². The topological polar surface area (TPSA) is 82.2 Å². The van der Waals surface area contributed by atoms with Gasteiger partial charge in [-0.05, 0) is 49.7 Å². The van der Waals surface area contributed by atoms with Crippen LogP contribution in [-0.2, 0) is 9.59 Å². The molecule has 174 valence electrons. The lowest BCUT2D eigenvalue weighted by molar-refractivity contribution is -0.131. The number of anilines is 2. The number of ether oxygens (including phenoxy) is 1. The first-order valence-electron chi connectivity index (χ1n) is 11.1. The minimum atomic E-state index is -0.583. The Bertz CT molecular complexity index is 1030. The van der Waals surface area contributed by atoms with E-state index in [2.05, 4.69) is 5.32 Å². The van der Waals surface area contributed by atoms with Gasteiger partial charge in [-0.1, -0.05) is 23.7 Å². The van der Waals surface area contributed by atoms with Crippen molar-refractivity contribution in [2.24, 2.45) is 0 Å². The fraction of sp³-hybridized carbons (Fsp3) is 0.375. The Morgan fingerprint density at radius 2 is 1.73 bits per heavy atom. The van der Waals surface area contributed by atoms with Crippen molar-refractivity contribution in [2.75, 3.05) is 42.9 Å². The number of fused-ring (bicyclic) bond motifs is 1. The highest BCUT2D eigenvalue weighted by Crippen LogP contribution is 2.33. The first-order valence-corrected chi connectivity index (χ1v) is 11.5. The maximum atomic E-state index is 12.9. The van der Waals surface area contributed by atoms with Crippen LogP contribution in [0, 0.1) is 0 Å². The Hall–Kier alpha value is -3.26. The van der Waals surface area contributed by atoms with Crippen LogP contribution in [0.25, 0.3) is 0 Å². The average Bonchev–Trinajstić information content (AvgIpc) is 3.07. The van der Waals surface area contributed by atoms with Crippen LogP contribution in [0.15, 0.2) is 48.5 Å². The van der Waals surface area contributed by atoms with Crippen molar-refractivity contribution in [1.29, 1.82) is 0 Å². The summed E-state index contributed by atoms with van der Waals surface area (Å²) in [6.45, 7) is 4.05.